The largest absolute Gasteiger partial charge is 0.351 e. The number of halogens is 1. The van der Waals surface area contributed by atoms with Crippen LogP contribution >= 0.6 is 0 Å². The van der Waals surface area contributed by atoms with Crippen molar-refractivity contribution < 1.29 is 14.0 Å². The van der Waals surface area contributed by atoms with Crippen LogP contribution in [0.5, 0.6) is 0 Å². The van der Waals surface area contributed by atoms with Crippen LogP contribution in [0.25, 0.3) is 0 Å². The van der Waals surface area contributed by atoms with E-state index in [-0.39, 0.29) is 24.1 Å². The predicted molar refractivity (Wildman–Crippen MR) is 99.8 cm³/mol. The van der Waals surface area contributed by atoms with Gasteiger partial charge in [-0.3, -0.25) is 4.79 Å². The first-order valence-corrected chi connectivity index (χ1v) is 8.70. The van der Waals surface area contributed by atoms with E-state index in [2.05, 4.69) is 5.32 Å². The standard InChI is InChI=1S/C20H22FN3O2/c1-13(14-6-2-3-8-16(14)21)12-19(25)24-11-5-7-15-17(23-20(22)26)9-4-10-18(15)24/h2-4,6,8-10,13H,5,7,11-12H2,1H3,(H3,22,23,26). The quantitative estimate of drug-likeness (QED) is 0.875. The molecule has 1 heterocycles. The molecular weight excluding hydrogens is 333 g/mol. The number of nitrogens with two attached hydrogens (primary N) is 1. The summed E-state index contributed by atoms with van der Waals surface area (Å²) in [6.45, 7) is 2.46. The number of anilines is 2. The molecule has 2 aromatic rings. The van der Waals surface area contributed by atoms with Crippen molar-refractivity contribution in [1.82, 2.24) is 0 Å². The van der Waals surface area contributed by atoms with E-state index in [0.29, 0.717) is 17.8 Å². The van der Waals surface area contributed by atoms with Crippen molar-refractivity contribution in [2.75, 3.05) is 16.8 Å². The van der Waals surface area contributed by atoms with E-state index < -0.39 is 6.03 Å². The van der Waals surface area contributed by atoms with Crippen LogP contribution in [0.15, 0.2) is 42.5 Å². The zero-order valence-corrected chi connectivity index (χ0v) is 14.7. The predicted octanol–water partition coefficient (Wildman–Crippen LogP) is 3.79. The number of urea groups is 1. The van der Waals surface area contributed by atoms with Crippen LogP contribution in [-0.2, 0) is 11.2 Å². The highest BCUT2D eigenvalue weighted by Crippen LogP contribution is 2.34. The van der Waals surface area contributed by atoms with Crippen LogP contribution in [0.4, 0.5) is 20.6 Å². The molecule has 26 heavy (non-hydrogen) atoms. The van der Waals surface area contributed by atoms with Crippen LogP contribution in [-0.4, -0.2) is 18.5 Å². The second kappa shape index (κ2) is 7.56. The lowest BCUT2D eigenvalue weighted by Gasteiger charge is -2.31. The fourth-order valence-corrected chi connectivity index (χ4v) is 3.49. The van der Waals surface area contributed by atoms with E-state index >= 15 is 0 Å². The van der Waals surface area contributed by atoms with Gasteiger partial charge >= 0.3 is 6.03 Å². The molecule has 136 valence electrons. The van der Waals surface area contributed by atoms with Crippen LogP contribution in [0.1, 0.15) is 36.8 Å². The normalized spacial score (nSPS) is 14.5. The lowest BCUT2D eigenvalue weighted by Crippen LogP contribution is -2.36. The molecule has 1 aliphatic heterocycles. The van der Waals surface area contributed by atoms with Gasteiger partial charge in [0.25, 0.3) is 0 Å². The molecule has 3 N–H and O–H groups in total. The van der Waals surface area contributed by atoms with Gasteiger partial charge < -0.3 is 16.0 Å². The number of amides is 3. The van der Waals surface area contributed by atoms with E-state index in [1.807, 2.05) is 13.0 Å². The first-order chi connectivity index (χ1) is 12.5. The third kappa shape index (κ3) is 3.69. The van der Waals surface area contributed by atoms with E-state index in [1.54, 1.807) is 35.2 Å². The maximum absolute atomic E-state index is 14.0. The topological polar surface area (TPSA) is 75.4 Å². The van der Waals surface area contributed by atoms with Crippen molar-refractivity contribution in [1.29, 1.82) is 0 Å². The zero-order valence-electron chi connectivity index (χ0n) is 14.7. The Morgan fingerprint density at radius 3 is 2.73 bits per heavy atom. The van der Waals surface area contributed by atoms with Crippen molar-refractivity contribution in [2.24, 2.45) is 5.73 Å². The van der Waals surface area contributed by atoms with Crippen LogP contribution < -0.4 is 16.0 Å². The maximum Gasteiger partial charge on any atom is 0.316 e. The fourth-order valence-electron chi connectivity index (χ4n) is 3.49. The molecule has 1 aliphatic rings. The molecule has 1 unspecified atom stereocenters. The summed E-state index contributed by atoms with van der Waals surface area (Å²) in [5, 5.41) is 2.62. The molecular formula is C20H22FN3O2. The summed E-state index contributed by atoms with van der Waals surface area (Å²) in [6.07, 6.45) is 1.77. The summed E-state index contributed by atoms with van der Waals surface area (Å²) in [6, 6.07) is 11.3. The summed E-state index contributed by atoms with van der Waals surface area (Å²) in [4.78, 5) is 25.8. The molecule has 0 saturated carbocycles. The highest BCUT2D eigenvalue weighted by Gasteiger charge is 2.26. The monoisotopic (exact) mass is 355 g/mol. The molecule has 0 aliphatic carbocycles. The summed E-state index contributed by atoms with van der Waals surface area (Å²) >= 11 is 0. The van der Waals surface area contributed by atoms with Crippen LogP contribution in [0.3, 0.4) is 0 Å². The highest BCUT2D eigenvalue weighted by molar-refractivity contribution is 5.97. The molecule has 0 fully saturated rings. The molecule has 5 nitrogen and oxygen atoms in total. The highest BCUT2D eigenvalue weighted by atomic mass is 19.1. The summed E-state index contributed by atoms with van der Waals surface area (Å²) in [7, 11) is 0. The Labute approximate surface area is 152 Å². The molecule has 2 aromatic carbocycles. The molecule has 3 amide bonds. The first kappa shape index (κ1) is 17.9. The number of benzene rings is 2. The Bertz CT molecular complexity index is 838. The summed E-state index contributed by atoms with van der Waals surface area (Å²) in [5.41, 5.74) is 8.10. The molecule has 0 saturated heterocycles. The average Bonchev–Trinajstić information content (AvgIpc) is 2.61. The second-order valence-corrected chi connectivity index (χ2v) is 6.57. The number of nitrogens with zero attached hydrogens (tertiary/aromatic N) is 1. The van der Waals surface area contributed by atoms with Gasteiger partial charge in [-0.2, -0.15) is 0 Å². The van der Waals surface area contributed by atoms with Crippen molar-refractivity contribution in [2.45, 2.75) is 32.1 Å². The third-order valence-corrected chi connectivity index (χ3v) is 4.73. The zero-order chi connectivity index (χ0) is 18.7. The van der Waals surface area contributed by atoms with Crippen LogP contribution in [0.2, 0.25) is 0 Å². The van der Waals surface area contributed by atoms with Gasteiger partial charge in [0, 0.05) is 24.3 Å². The van der Waals surface area contributed by atoms with Gasteiger partial charge in [-0.15, -0.1) is 0 Å². The minimum Gasteiger partial charge on any atom is -0.351 e. The molecule has 0 spiro atoms. The Morgan fingerprint density at radius 1 is 1.23 bits per heavy atom. The second-order valence-electron chi connectivity index (χ2n) is 6.57. The Balaban J connectivity index is 1.82. The van der Waals surface area contributed by atoms with Gasteiger partial charge in [0.1, 0.15) is 5.82 Å². The van der Waals surface area contributed by atoms with Gasteiger partial charge in [0.05, 0.1) is 0 Å². The Kier molecular flexibility index (Phi) is 5.21. The van der Waals surface area contributed by atoms with Gasteiger partial charge in [-0.05, 0) is 48.1 Å². The van der Waals surface area contributed by atoms with Gasteiger partial charge in [-0.25, -0.2) is 9.18 Å². The van der Waals surface area contributed by atoms with E-state index in [4.69, 9.17) is 5.73 Å². The molecule has 0 radical (unpaired) electrons. The third-order valence-electron chi connectivity index (χ3n) is 4.73. The minimum atomic E-state index is -0.630. The molecule has 0 bridgehead atoms. The number of carbonyl (C=O) groups is 2. The molecule has 0 aromatic heterocycles. The average molecular weight is 355 g/mol. The van der Waals surface area contributed by atoms with Gasteiger partial charge in [-0.1, -0.05) is 31.2 Å². The molecule has 6 heteroatoms. The summed E-state index contributed by atoms with van der Waals surface area (Å²) < 4.78 is 14.0. The number of primary amides is 1. The maximum atomic E-state index is 14.0. The molecule has 1 atom stereocenters. The van der Waals surface area contributed by atoms with Crippen molar-refractivity contribution in [3.63, 3.8) is 0 Å². The number of fused-ring (bicyclic) bond motifs is 1. The fraction of sp³-hybridized carbons (Fsp3) is 0.300. The van der Waals surface area contributed by atoms with Crippen molar-refractivity contribution in [3.05, 3.63) is 59.4 Å². The van der Waals surface area contributed by atoms with Gasteiger partial charge in [0.2, 0.25) is 5.91 Å². The van der Waals surface area contributed by atoms with E-state index in [1.165, 1.54) is 6.07 Å². The molecule has 3 rings (SSSR count). The van der Waals surface area contributed by atoms with E-state index in [9.17, 15) is 14.0 Å². The number of nitrogens with one attached hydrogen (secondary N) is 1. The Hall–Kier alpha value is -2.89. The number of rotatable bonds is 4. The van der Waals surface area contributed by atoms with Gasteiger partial charge in [0.15, 0.2) is 0 Å². The minimum absolute atomic E-state index is 0.0575. The summed E-state index contributed by atoms with van der Waals surface area (Å²) in [5.74, 6) is -0.571. The van der Waals surface area contributed by atoms with E-state index in [0.717, 1.165) is 24.1 Å². The lowest BCUT2D eigenvalue weighted by molar-refractivity contribution is -0.119. The number of hydrogen-bond acceptors (Lipinski definition) is 2. The Morgan fingerprint density at radius 2 is 2.00 bits per heavy atom. The smallest absolute Gasteiger partial charge is 0.316 e. The number of hydrogen-bond donors (Lipinski definition) is 2. The first-order valence-electron chi connectivity index (χ1n) is 8.70. The van der Waals surface area contributed by atoms with Crippen molar-refractivity contribution >= 4 is 23.3 Å². The van der Waals surface area contributed by atoms with Crippen molar-refractivity contribution in [3.8, 4) is 0 Å². The SMILES string of the molecule is CC(CC(=O)N1CCCc2c(NC(N)=O)cccc21)c1ccccc1F. The lowest BCUT2D eigenvalue weighted by atomic mass is 9.94. The number of carbonyl (C=O) groups excluding carboxylic acids is 2. The van der Waals surface area contributed by atoms with Crippen LogP contribution in [0, 0.1) is 5.82 Å².